The minimum atomic E-state index is 0.418. The summed E-state index contributed by atoms with van der Waals surface area (Å²) in [4.78, 5) is 0. The fraction of sp³-hybridized carbons (Fsp3) is 0.429. The Labute approximate surface area is 120 Å². The molecule has 0 aliphatic carbocycles. The minimum Gasteiger partial charge on any atom is -0.497 e. The van der Waals surface area contributed by atoms with Gasteiger partial charge in [-0.2, -0.15) is 5.10 Å². The zero-order chi connectivity index (χ0) is 14.3. The first kappa shape index (κ1) is 15.4. The number of nitrogens with zero attached hydrogens (tertiary/aromatic N) is 1. The first-order chi connectivity index (χ1) is 9.06. The third-order valence-electron chi connectivity index (χ3n) is 2.68. The van der Waals surface area contributed by atoms with Crippen LogP contribution in [-0.4, -0.2) is 17.9 Å². The first-order valence-corrected chi connectivity index (χ1v) is 6.75. The van der Waals surface area contributed by atoms with E-state index in [4.69, 9.17) is 17.0 Å². The average molecular weight is 279 g/mol. The highest BCUT2D eigenvalue weighted by atomic mass is 32.1. The molecule has 1 rings (SSSR count). The number of methoxy groups -OCH3 is 1. The van der Waals surface area contributed by atoms with Gasteiger partial charge in [0.25, 0.3) is 0 Å². The highest BCUT2D eigenvalue weighted by Gasteiger charge is 2.03. The van der Waals surface area contributed by atoms with Gasteiger partial charge in [-0.05, 0) is 48.8 Å². The third-order valence-corrected chi connectivity index (χ3v) is 2.87. The summed E-state index contributed by atoms with van der Waals surface area (Å²) < 4.78 is 5.10. The molecular weight excluding hydrogens is 258 g/mol. The topological polar surface area (TPSA) is 45.7 Å². The van der Waals surface area contributed by atoms with Gasteiger partial charge in [0.15, 0.2) is 5.11 Å². The Morgan fingerprint density at radius 2 is 1.95 bits per heavy atom. The fourth-order valence-corrected chi connectivity index (χ4v) is 1.74. The van der Waals surface area contributed by atoms with E-state index in [1.165, 1.54) is 0 Å². The van der Waals surface area contributed by atoms with Gasteiger partial charge in [-0.15, -0.1) is 0 Å². The number of hydrazone groups is 1. The van der Waals surface area contributed by atoms with Crippen molar-refractivity contribution in [1.29, 1.82) is 0 Å². The van der Waals surface area contributed by atoms with Crippen LogP contribution in [-0.2, 0) is 0 Å². The number of hydrogen-bond donors (Lipinski definition) is 2. The molecule has 5 heteroatoms. The Bertz CT molecular complexity index is 441. The lowest BCUT2D eigenvalue weighted by atomic mass is 10.1. The van der Waals surface area contributed by atoms with Gasteiger partial charge in [0.05, 0.1) is 7.11 Å². The number of ether oxygens (including phenoxy) is 1. The number of hydrogen-bond acceptors (Lipinski definition) is 3. The Morgan fingerprint density at radius 1 is 1.32 bits per heavy atom. The number of rotatable bonds is 5. The molecule has 0 aliphatic heterocycles. The van der Waals surface area contributed by atoms with Crippen LogP contribution in [0.2, 0.25) is 0 Å². The second kappa shape index (κ2) is 7.74. The number of anilines is 1. The van der Waals surface area contributed by atoms with Gasteiger partial charge < -0.3 is 10.1 Å². The number of benzene rings is 1. The van der Waals surface area contributed by atoms with Gasteiger partial charge in [0.1, 0.15) is 5.75 Å². The van der Waals surface area contributed by atoms with E-state index < -0.39 is 0 Å². The Balaban J connectivity index is 2.55. The van der Waals surface area contributed by atoms with Gasteiger partial charge in [0.2, 0.25) is 0 Å². The van der Waals surface area contributed by atoms with Crippen LogP contribution in [0.15, 0.2) is 29.4 Å². The van der Waals surface area contributed by atoms with E-state index in [1.54, 1.807) is 7.11 Å². The summed E-state index contributed by atoms with van der Waals surface area (Å²) in [6, 6.07) is 7.55. The first-order valence-electron chi connectivity index (χ1n) is 6.34. The summed E-state index contributed by atoms with van der Waals surface area (Å²) in [6.07, 6.45) is 0.913. The van der Waals surface area contributed by atoms with Crippen molar-refractivity contribution in [3.63, 3.8) is 0 Å². The Kier molecular flexibility index (Phi) is 6.29. The van der Waals surface area contributed by atoms with Crippen LogP contribution in [0.1, 0.15) is 27.2 Å². The second-order valence-corrected chi connectivity index (χ2v) is 4.81. The second-order valence-electron chi connectivity index (χ2n) is 4.41. The van der Waals surface area contributed by atoms with E-state index in [-0.39, 0.29) is 0 Å². The lowest BCUT2D eigenvalue weighted by Gasteiger charge is -2.11. The summed E-state index contributed by atoms with van der Waals surface area (Å²) in [5.41, 5.74) is 4.86. The normalized spacial score (nSPS) is 11.3. The van der Waals surface area contributed by atoms with E-state index in [0.717, 1.165) is 23.6 Å². The Morgan fingerprint density at radius 3 is 2.42 bits per heavy atom. The molecule has 0 fully saturated rings. The summed E-state index contributed by atoms with van der Waals surface area (Å²) in [6.45, 7) is 6.31. The molecule has 1 aromatic rings. The summed E-state index contributed by atoms with van der Waals surface area (Å²) >= 11 is 5.19. The molecule has 2 N–H and O–H groups in total. The number of nitrogens with one attached hydrogen (secondary N) is 2. The predicted molar refractivity (Wildman–Crippen MR) is 84.9 cm³/mol. The molecule has 0 atom stereocenters. The van der Waals surface area contributed by atoms with Gasteiger partial charge in [-0.3, -0.25) is 5.43 Å². The van der Waals surface area contributed by atoms with E-state index in [0.29, 0.717) is 11.0 Å². The van der Waals surface area contributed by atoms with Crippen LogP contribution < -0.4 is 15.5 Å². The van der Waals surface area contributed by atoms with Crippen molar-refractivity contribution in [2.24, 2.45) is 11.0 Å². The maximum atomic E-state index is 5.19. The highest BCUT2D eigenvalue weighted by Crippen LogP contribution is 2.14. The zero-order valence-corrected chi connectivity index (χ0v) is 12.7. The smallest absolute Gasteiger partial charge is 0.191 e. The molecule has 0 bridgehead atoms. The Hall–Kier alpha value is -1.62. The van der Waals surface area contributed by atoms with Crippen LogP contribution in [0, 0.1) is 5.92 Å². The molecule has 0 amide bonds. The molecule has 0 aliphatic rings. The molecule has 104 valence electrons. The van der Waals surface area contributed by atoms with E-state index in [9.17, 15) is 0 Å². The molecular formula is C14H21N3OS. The highest BCUT2D eigenvalue weighted by molar-refractivity contribution is 7.80. The average Bonchev–Trinajstić information content (AvgIpc) is 2.40. The van der Waals surface area contributed by atoms with Crippen LogP contribution in [0.5, 0.6) is 5.75 Å². The van der Waals surface area contributed by atoms with Crippen molar-refractivity contribution in [3.05, 3.63) is 24.3 Å². The minimum absolute atomic E-state index is 0.418. The van der Waals surface area contributed by atoms with Gasteiger partial charge in [-0.25, -0.2) is 0 Å². The summed E-state index contributed by atoms with van der Waals surface area (Å²) in [5.74, 6) is 1.23. The van der Waals surface area contributed by atoms with E-state index in [2.05, 4.69) is 36.6 Å². The molecule has 19 heavy (non-hydrogen) atoms. The SMILES string of the molecule is CC/C(=N/NC(=S)Nc1ccc(OC)cc1)C(C)C. The molecule has 0 spiro atoms. The van der Waals surface area contributed by atoms with Crippen molar-refractivity contribution >= 4 is 28.7 Å². The maximum absolute atomic E-state index is 5.19. The van der Waals surface area contributed by atoms with Gasteiger partial charge in [-0.1, -0.05) is 20.8 Å². The molecule has 0 saturated carbocycles. The van der Waals surface area contributed by atoms with Crippen molar-refractivity contribution in [3.8, 4) is 5.75 Å². The van der Waals surface area contributed by atoms with Gasteiger partial charge >= 0.3 is 0 Å². The van der Waals surface area contributed by atoms with Crippen molar-refractivity contribution in [2.45, 2.75) is 27.2 Å². The maximum Gasteiger partial charge on any atom is 0.191 e. The van der Waals surface area contributed by atoms with Crippen molar-refractivity contribution in [1.82, 2.24) is 5.43 Å². The van der Waals surface area contributed by atoms with E-state index >= 15 is 0 Å². The molecule has 4 nitrogen and oxygen atoms in total. The molecule has 1 aromatic carbocycles. The largest absolute Gasteiger partial charge is 0.497 e. The van der Waals surface area contributed by atoms with Crippen molar-refractivity contribution < 1.29 is 4.74 Å². The third kappa shape index (κ3) is 5.26. The molecule has 0 saturated heterocycles. The summed E-state index contributed by atoms with van der Waals surface area (Å²) in [7, 11) is 1.64. The van der Waals surface area contributed by atoms with Crippen LogP contribution in [0.25, 0.3) is 0 Å². The quantitative estimate of drug-likeness (QED) is 0.492. The van der Waals surface area contributed by atoms with Crippen LogP contribution in [0.4, 0.5) is 5.69 Å². The molecule has 0 aromatic heterocycles. The van der Waals surface area contributed by atoms with Crippen LogP contribution >= 0.6 is 12.2 Å². The zero-order valence-electron chi connectivity index (χ0n) is 11.9. The monoisotopic (exact) mass is 279 g/mol. The molecule has 0 unspecified atom stereocenters. The van der Waals surface area contributed by atoms with Gasteiger partial charge in [0, 0.05) is 11.4 Å². The van der Waals surface area contributed by atoms with Crippen LogP contribution in [0.3, 0.4) is 0 Å². The van der Waals surface area contributed by atoms with Crippen molar-refractivity contribution in [2.75, 3.05) is 12.4 Å². The van der Waals surface area contributed by atoms with E-state index in [1.807, 2.05) is 24.3 Å². The summed E-state index contributed by atoms with van der Waals surface area (Å²) in [5, 5.41) is 7.86. The fourth-order valence-electron chi connectivity index (χ4n) is 1.57. The lowest BCUT2D eigenvalue weighted by Crippen LogP contribution is -2.26. The molecule has 0 radical (unpaired) electrons. The number of thiocarbonyl (C=S) groups is 1. The lowest BCUT2D eigenvalue weighted by molar-refractivity contribution is 0.415. The standard InChI is InChI=1S/C14H21N3OS/c1-5-13(10(2)3)16-17-14(19)15-11-6-8-12(18-4)9-7-11/h6-10H,5H2,1-4H3,(H2,15,17,19)/b16-13-. The molecule has 0 heterocycles. The predicted octanol–water partition coefficient (Wildman–Crippen LogP) is 3.40.